The van der Waals surface area contributed by atoms with E-state index >= 15 is 0 Å². The first-order valence-electron chi connectivity index (χ1n) is 17.4. The quantitative estimate of drug-likeness (QED) is 0.177. The Bertz CT molecular complexity index is 2570. The molecule has 0 aliphatic rings. The standard InChI is InChI=1S/C48H30N2O2/c1-3-7-31(8-4-1)33-11-15-35(16-12-33)37-19-23-39(24-20-37)47-49-43-27-41-30-46-44(28-42(41)29-45(43)51-47)50-48(52-46)40-25-21-38(22-26-40)36-17-13-34(14-18-36)32-9-5-2-6-10-32/h1-30H. The van der Waals surface area contributed by atoms with Crippen LogP contribution in [0.25, 0.3) is 100 Å². The van der Waals surface area contributed by atoms with Crippen LogP contribution in [-0.4, -0.2) is 9.97 Å². The van der Waals surface area contributed by atoms with Crippen molar-refractivity contribution in [1.29, 1.82) is 0 Å². The zero-order chi connectivity index (χ0) is 34.4. The number of benzene rings is 8. The monoisotopic (exact) mass is 666 g/mol. The van der Waals surface area contributed by atoms with Gasteiger partial charge in [-0.25, -0.2) is 9.97 Å². The Hall–Kier alpha value is -7.04. The van der Waals surface area contributed by atoms with Gasteiger partial charge in [0.05, 0.1) is 0 Å². The number of nitrogens with zero attached hydrogens (tertiary/aromatic N) is 2. The molecule has 0 aliphatic heterocycles. The fourth-order valence-corrected chi connectivity index (χ4v) is 6.92. The Morgan fingerprint density at radius 2 is 0.538 bits per heavy atom. The molecule has 0 atom stereocenters. The summed E-state index contributed by atoms with van der Waals surface area (Å²) < 4.78 is 12.6. The molecule has 0 aliphatic carbocycles. The van der Waals surface area contributed by atoms with Gasteiger partial charge < -0.3 is 8.83 Å². The van der Waals surface area contributed by atoms with E-state index in [2.05, 4.69) is 158 Å². The van der Waals surface area contributed by atoms with Crippen LogP contribution in [0.2, 0.25) is 0 Å². The Labute approximate surface area is 300 Å². The lowest BCUT2D eigenvalue weighted by atomic mass is 10.00. The van der Waals surface area contributed by atoms with Gasteiger partial charge in [-0.2, -0.15) is 0 Å². The molecule has 8 aromatic carbocycles. The number of hydrogen-bond acceptors (Lipinski definition) is 4. The maximum absolute atomic E-state index is 6.28. The highest BCUT2D eigenvalue weighted by Gasteiger charge is 2.14. The van der Waals surface area contributed by atoms with Crippen molar-refractivity contribution in [1.82, 2.24) is 9.97 Å². The van der Waals surface area contributed by atoms with Gasteiger partial charge in [0.25, 0.3) is 0 Å². The number of fused-ring (bicyclic) bond motifs is 3. The van der Waals surface area contributed by atoms with E-state index in [9.17, 15) is 0 Å². The zero-order valence-electron chi connectivity index (χ0n) is 28.0. The Kier molecular flexibility index (Phi) is 7.10. The van der Waals surface area contributed by atoms with Crippen molar-refractivity contribution < 1.29 is 8.83 Å². The molecule has 4 nitrogen and oxygen atoms in total. The molecule has 0 fully saturated rings. The third-order valence-electron chi connectivity index (χ3n) is 9.77. The first kappa shape index (κ1) is 29.8. The van der Waals surface area contributed by atoms with Gasteiger partial charge in [-0.3, -0.25) is 0 Å². The van der Waals surface area contributed by atoms with Crippen LogP contribution in [-0.2, 0) is 0 Å². The number of hydrogen-bond donors (Lipinski definition) is 0. The van der Waals surface area contributed by atoms with E-state index in [0.29, 0.717) is 11.8 Å². The first-order valence-corrected chi connectivity index (χ1v) is 17.4. The Morgan fingerprint density at radius 1 is 0.269 bits per heavy atom. The van der Waals surface area contributed by atoms with Crippen molar-refractivity contribution in [2.45, 2.75) is 0 Å². The Morgan fingerprint density at radius 3 is 0.846 bits per heavy atom. The summed E-state index contributed by atoms with van der Waals surface area (Å²) in [6.07, 6.45) is 0. The Balaban J connectivity index is 0.883. The second-order valence-electron chi connectivity index (χ2n) is 13.1. The summed E-state index contributed by atoms with van der Waals surface area (Å²) in [5.41, 5.74) is 14.4. The van der Waals surface area contributed by atoms with Crippen LogP contribution < -0.4 is 0 Å². The second kappa shape index (κ2) is 12.4. The van der Waals surface area contributed by atoms with Gasteiger partial charge in [-0.05, 0) is 104 Å². The van der Waals surface area contributed by atoms with Crippen LogP contribution in [0.4, 0.5) is 0 Å². The molecule has 0 N–H and O–H groups in total. The van der Waals surface area contributed by atoms with Crippen LogP contribution >= 0.6 is 0 Å². The largest absolute Gasteiger partial charge is 0.436 e. The van der Waals surface area contributed by atoms with E-state index in [0.717, 1.165) is 66.4 Å². The summed E-state index contributed by atoms with van der Waals surface area (Å²) in [6, 6.07) is 63.1. The highest BCUT2D eigenvalue weighted by atomic mass is 16.4. The molecule has 0 spiro atoms. The highest BCUT2D eigenvalue weighted by Crippen LogP contribution is 2.34. The topological polar surface area (TPSA) is 52.1 Å². The minimum absolute atomic E-state index is 0.593. The van der Waals surface area contributed by atoms with Gasteiger partial charge in [0.1, 0.15) is 11.0 Å². The summed E-state index contributed by atoms with van der Waals surface area (Å²) in [4.78, 5) is 9.71. The highest BCUT2D eigenvalue weighted by molar-refractivity contribution is 6.01. The van der Waals surface area contributed by atoms with E-state index in [1.54, 1.807) is 0 Å². The van der Waals surface area contributed by atoms with Crippen molar-refractivity contribution in [2.75, 3.05) is 0 Å². The van der Waals surface area contributed by atoms with Crippen LogP contribution in [0.3, 0.4) is 0 Å². The fourth-order valence-electron chi connectivity index (χ4n) is 6.92. The van der Waals surface area contributed by atoms with Gasteiger partial charge in [-0.1, -0.05) is 133 Å². The van der Waals surface area contributed by atoms with Crippen LogP contribution in [0.5, 0.6) is 0 Å². The molecule has 2 heterocycles. The molecule has 0 amide bonds. The van der Waals surface area contributed by atoms with Gasteiger partial charge in [-0.15, -0.1) is 0 Å². The summed E-state index contributed by atoms with van der Waals surface area (Å²) in [5.74, 6) is 1.19. The molecule has 10 aromatic rings. The molecule has 10 rings (SSSR count). The summed E-state index contributed by atoms with van der Waals surface area (Å²) in [6.45, 7) is 0. The smallest absolute Gasteiger partial charge is 0.227 e. The minimum atomic E-state index is 0.593. The maximum atomic E-state index is 6.28. The molecule has 0 radical (unpaired) electrons. The van der Waals surface area contributed by atoms with Crippen molar-refractivity contribution >= 4 is 33.0 Å². The minimum Gasteiger partial charge on any atom is -0.436 e. The van der Waals surface area contributed by atoms with E-state index < -0.39 is 0 Å². The molecule has 4 heteroatoms. The lowest BCUT2D eigenvalue weighted by molar-refractivity contribution is 0.619. The maximum Gasteiger partial charge on any atom is 0.227 e. The normalized spacial score (nSPS) is 11.5. The third-order valence-corrected chi connectivity index (χ3v) is 9.77. The average molecular weight is 667 g/mol. The van der Waals surface area contributed by atoms with E-state index in [-0.39, 0.29) is 0 Å². The van der Waals surface area contributed by atoms with Gasteiger partial charge in [0, 0.05) is 11.1 Å². The van der Waals surface area contributed by atoms with Crippen LogP contribution in [0.1, 0.15) is 0 Å². The van der Waals surface area contributed by atoms with E-state index in [1.165, 1.54) is 22.3 Å². The summed E-state index contributed by atoms with van der Waals surface area (Å²) in [5, 5.41) is 2.04. The fraction of sp³-hybridized carbons (Fsp3) is 0. The van der Waals surface area contributed by atoms with Crippen molar-refractivity contribution in [2.24, 2.45) is 0 Å². The predicted octanol–water partition coefficient (Wildman–Crippen LogP) is 13.1. The molecular formula is C48H30N2O2. The van der Waals surface area contributed by atoms with E-state index in [4.69, 9.17) is 18.8 Å². The third kappa shape index (κ3) is 5.53. The van der Waals surface area contributed by atoms with E-state index in [1.807, 2.05) is 24.3 Å². The first-order chi connectivity index (χ1) is 25.7. The van der Waals surface area contributed by atoms with Crippen molar-refractivity contribution in [3.8, 4) is 67.4 Å². The summed E-state index contributed by atoms with van der Waals surface area (Å²) in [7, 11) is 0. The number of rotatable bonds is 6. The SMILES string of the molecule is c1ccc(-c2ccc(-c3ccc(-c4nc5cc6cc7oc(-c8ccc(-c9ccc(-c%10ccccc%10)cc9)cc8)nc7cc6cc5o4)cc3)cc2)cc1. The molecule has 0 saturated heterocycles. The average Bonchev–Trinajstić information content (AvgIpc) is 3.84. The molecule has 0 unspecified atom stereocenters. The van der Waals surface area contributed by atoms with Crippen molar-refractivity contribution in [3.05, 3.63) is 182 Å². The van der Waals surface area contributed by atoms with Crippen LogP contribution in [0, 0.1) is 0 Å². The zero-order valence-corrected chi connectivity index (χ0v) is 28.0. The lowest BCUT2D eigenvalue weighted by Crippen LogP contribution is -1.82. The predicted molar refractivity (Wildman–Crippen MR) is 212 cm³/mol. The molecule has 0 bridgehead atoms. The number of aromatic nitrogens is 2. The lowest BCUT2D eigenvalue weighted by Gasteiger charge is -2.05. The molecule has 244 valence electrons. The van der Waals surface area contributed by atoms with Gasteiger partial charge >= 0.3 is 0 Å². The van der Waals surface area contributed by atoms with Gasteiger partial charge in [0.2, 0.25) is 11.8 Å². The molecule has 52 heavy (non-hydrogen) atoms. The molecule has 2 aromatic heterocycles. The second-order valence-corrected chi connectivity index (χ2v) is 13.1. The number of oxazole rings is 2. The van der Waals surface area contributed by atoms with Gasteiger partial charge in [0.15, 0.2) is 11.2 Å². The molecule has 0 saturated carbocycles. The summed E-state index contributed by atoms with van der Waals surface area (Å²) >= 11 is 0. The van der Waals surface area contributed by atoms with Crippen LogP contribution in [0.15, 0.2) is 191 Å². The van der Waals surface area contributed by atoms with Crippen molar-refractivity contribution in [3.63, 3.8) is 0 Å². The molecular weight excluding hydrogens is 637 g/mol.